The molecule has 1 aliphatic carbocycles. The van der Waals surface area contributed by atoms with Crippen LogP contribution in [0.25, 0.3) is 17.1 Å². The SMILES string of the molecule is C=Cc1[nH]c2cnc(Nc3ccc(N4CCN(C)CC4)cn3)nc2c1C1(CNC)CCCCC1. The van der Waals surface area contributed by atoms with Crippen LogP contribution < -0.4 is 15.5 Å². The van der Waals surface area contributed by atoms with Gasteiger partial charge in [0.25, 0.3) is 0 Å². The molecule has 3 aromatic heterocycles. The highest BCUT2D eigenvalue weighted by atomic mass is 15.3. The van der Waals surface area contributed by atoms with Crippen molar-refractivity contribution in [3.05, 3.63) is 42.4 Å². The normalized spacial score (nSPS) is 18.8. The molecule has 0 aromatic carbocycles. The average molecular weight is 461 g/mol. The fourth-order valence-corrected chi connectivity index (χ4v) is 5.66. The third kappa shape index (κ3) is 4.40. The van der Waals surface area contributed by atoms with Crippen molar-refractivity contribution in [2.75, 3.05) is 57.0 Å². The summed E-state index contributed by atoms with van der Waals surface area (Å²) in [6.45, 7) is 9.23. The molecule has 0 radical (unpaired) electrons. The molecule has 180 valence electrons. The monoisotopic (exact) mass is 460 g/mol. The molecule has 8 nitrogen and oxygen atoms in total. The van der Waals surface area contributed by atoms with Crippen LogP contribution in [0.2, 0.25) is 0 Å². The van der Waals surface area contributed by atoms with Crippen LogP contribution in [0.5, 0.6) is 0 Å². The van der Waals surface area contributed by atoms with Gasteiger partial charge in [-0.05, 0) is 45.1 Å². The molecule has 0 bridgehead atoms. The summed E-state index contributed by atoms with van der Waals surface area (Å²) in [7, 11) is 4.21. The van der Waals surface area contributed by atoms with Gasteiger partial charge < -0.3 is 25.4 Å². The number of piperazine rings is 1. The Hall–Kier alpha value is -2.97. The van der Waals surface area contributed by atoms with Crippen molar-refractivity contribution in [3.8, 4) is 0 Å². The van der Waals surface area contributed by atoms with E-state index in [1.54, 1.807) is 0 Å². The lowest BCUT2D eigenvalue weighted by atomic mass is 9.69. The van der Waals surface area contributed by atoms with Gasteiger partial charge in [-0.2, -0.15) is 0 Å². The Morgan fingerprint density at radius 2 is 1.88 bits per heavy atom. The molecule has 1 saturated carbocycles. The maximum absolute atomic E-state index is 4.98. The molecule has 2 aliphatic rings. The lowest BCUT2D eigenvalue weighted by Gasteiger charge is -2.37. The van der Waals surface area contributed by atoms with Crippen LogP contribution in [0.1, 0.15) is 43.4 Å². The molecule has 3 aromatic rings. The van der Waals surface area contributed by atoms with Gasteiger partial charge in [0.15, 0.2) is 0 Å². The van der Waals surface area contributed by atoms with Crippen molar-refractivity contribution in [2.45, 2.75) is 37.5 Å². The Labute approximate surface area is 201 Å². The second-order valence-electron chi connectivity index (χ2n) is 9.76. The molecule has 8 heteroatoms. The van der Waals surface area contributed by atoms with E-state index in [1.807, 2.05) is 31.6 Å². The third-order valence-electron chi connectivity index (χ3n) is 7.48. The van der Waals surface area contributed by atoms with Gasteiger partial charge in [0, 0.05) is 49.4 Å². The molecule has 0 spiro atoms. The summed E-state index contributed by atoms with van der Waals surface area (Å²) < 4.78 is 0. The highest BCUT2D eigenvalue weighted by molar-refractivity contribution is 5.85. The van der Waals surface area contributed by atoms with Crippen LogP contribution >= 0.6 is 0 Å². The van der Waals surface area contributed by atoms with Crippen LogP contribution in [0, 0.1) is 0 Å². The number of nitrogens with zero attached hydrogens (tertiary/aromatic N) is 5. The number of hydrogen-bond donors (Lipinski definition) is 3. The van der Waals surface area contributed by atoms with Crippen LogP contribution in [0.15, 0.2) is 31.1 Å². The number of anilines is 3. The van der Waals surface area contributed by atoms with Gasteiger partial charge in [-0.1, -0.05) is 25.8 Å². The Bertz CT molecular complexity index is 1120. The summed E-state index contributed by atoms with van der Waals surface area (Å²) in [6.07, 6.45) is 11.8. The van der Waals surface area contributed by atoms with Gasteiger partial charge >= 0.3 is 0 Å². The van der Waals surface area contributed by atoms with Gasteiger partial charge in [0.2, 0.25) is 5.95 Å². The number of aromatic amines is 1. The van der Waals surface area contributed by atoms with E-state index in [-0.39, 0.29) is 5.41 Å². The molecule has 0 unspecified atom stereocenters. The van der Waals surface area contributed by atoms with Crippen LogP contribution in [-0.4, -0.2) is 71.7 Å². The summed E-state index contributed by atoms with van der Waals surface area (Å²) in [5.41, 5.74) is 5.49. The number of rotatable bonds is 7. The number of H-pyrrole nitrogens is 1. The summed E-state index contributed by atoms with van der Waals surface area (Å²) >= 11 is 0. The van der Waals surface area contributed by atoms with E-state index in [9.17, 15) is 0 Å². The fourth-order valence-electron chi connectivity index (χ4n) is 5.66. The van der Waals surface area contributed by atoms with Crippen LogP contribution in [-0.2, 0) is 5.41 Å². The van der Waals surface area contributed by atoms with Crippen molar-refractivity contribution in [1.29, 1.82) is 0 Å². The minimum atomic E-state index is 0.0583. The van der Waals surface area contributed by atoms with Gasteiger partial charge in [0.05, 0.1) is 29.1 Å². The summed E-state index contributed by atoms with van der Waals surface area (Å²) in [6, 6.07) is 4.14. The first kappa shape index (κ1) is 22.8. The van der Waals surface area contributed by atoms with Crippen molar-refractivity contribution in [1.82, 2.24) is 30.2 Å². The zero-order valence-corrected chi connectivity index (χ0v) is 20.4. The van der Waals surface area contributed by atoms with E-state index >= 15 is 0 Å². The zero-order chi connectivity index (χ0) is 23.5. The van der Waals surface area contributed by atoms with Crippen molar-refractivity contribution >= 4 is 34.6 Å². The molecule has 5 rings (SSSR count). The van der Waals surface area contributed by atoms with Crippen molar-refractivity contribution in [3.63, 3.8) is 0 Å². The minimum absolute atomic E-state index is 0.0583. The van der Waals surface area contributed by atoms with E-state index < -0.39 is 0 Å². The molecule has 34 heavy (non-hydrogen) atoms. The molecular weight excluding hydrogens is 424 g/mol. The van der Waals surface area contributed by atoms with Gasteiger partial charge in [-0.15, -0.1) is 0 Å². The number of nitrogens with one attached hydrogen (secondary N) is 3. The maximum atomic E-state index is 4.98. The standard InChI is InChI=1S/C26H36N8/c1-4-20-23(26(18-27-2)10-6-5-7-11-26)24-21(30-20)17-29-25(32-24)31-22-9-8-19(16-28-22)34-14-12-33(3)13-15-34/h4,8-9,16-17,27,30H,1,5-7,10-15,18H2,2-3H3,(H,28,29,31,32). The Kier molecular flexibility index (Phi) is 6.52. The second-order valence-corrected chi connectivity index (χ2v) is 9.76. The number of fused-ring (bicyclic) bond motifs is 1. The summed E-state index contributed by atoms with van der Waals surface area (Å²) in [5.74, 6) is 1.32. The van der Waals surface area contributed by atoms with Gasteiger partial charge in [0.1, 0.15) is 5.82 Å². The predicted octanol–water partition coefficient (Wildman–Crippen LogP) is 3.91. The molecule has 0 amide bonds. The highest BCUT2D eigenvalue weighted by Crippen LogP contribution is 2.43. The predicted molar refractivity (Wildman–Crippen MR) is 140 cm³/mol. The van der Waals surface area contributed by atoms with E-state index in [2.05, 4.69) is 55.1 Å². The van der Waals surface area contributed by atoms with Gasteiger partial charge in [-0.3, -0.25) is 0 Å². The van der Waals surface area contributed by atoms with Crippen molar-refractivity contribution in [2.24, 2.45) is 0 Å². The third-order valence-corrected chi connectivity index (χ3v) is 7.48. The number of likely N-dealkylation sites (N-methyl/N-ethyl adjacent to an activating group) is 2. The fraction of sp³-hybridized carbons (Fsp3) is 0.500. The summed E-state index contributed by atoms with van der Waals surface area (Å²) in [5, 5.41) is 6.77. The largest absolute Gasteiger partial charge is 0.368 e. The Morgan fingerprint density at radius 3 is 2.56 bits per heavy atom. The first-order chi connectivity index (χ1) is 16.6. The highest BCUT2D eigenvalue weighted by Gasteiger charge is 2.37. The first-order valence-electron chi connectivity index (χ1n) is 12.4. The van der Waals surface area contributed by atoms with E-state index in [4.69, 9.17) is 4.98 Å². The Balaban J connectivity index is 1.43. The van der Waals surface area contributed by atoms with Crippen LogP contribution in [0.3, 0.4) is 0 Å². The molecule has 4 heterocycles. The molecular formula is C26H36N8. The maximum Gasteiger partial charge on any atom is 0.229 e. The number of hydrogen-bond acceptors (Lipinski definition) is 7. The van der Waals surface area contributed by atoms with Crippen LogP contribution in [0.4, 0.5) is 17.5 Å². The molecule has 2 fully saturated rings. The van der Waals surface area contributed by atoms with Gasteiger partial charge in [-0.25, -0.2) is 15.0 Å². The lowest BCUT2D eigenvalue weighted by molar-refractivity contribution is 0.287. The molecule has 1 saturated heterocycles. The zero-order valence-electron chi connectivity index (χ0n) is 20.4. The quantitative estimate of drug-likeness (QED) is 0.493. The first-order valence-corrected chi connectivity index (χ1v) is 12.4. The topological polar surface area (TPSA) is 85.0 Å². The Morgan fingerprint density at radius 1 is 1.09 bits per heavy atom. The molecule has 1 aliphatic heterocycles. The van der Waals surface area contributed by atoms with E-state index in [1.165, 1.54) is 24.8 Å². The molecule has 0 atom stereocenters. The lowest BCUT2D eigenvalue weighted by Crippen LogP contribution is -2.44. The molecule has 3 N–H and O–H groups in total. The summed E-state index contributed by atoms with van der Waals surface area (Å²) in [4.78, 5) is 22.4. The number of aromatic nitrogens is 4. The van der Waals surface area contributed by atoms with E-state index in [0.29, 0.717) is 5.95 Å². The second kappa shape index (κ2) is 9.72. The smallest absolute Gasteiger partial charge is 0.229 e. The van der Waals surface area contributed by atoms with E-state index in [0.717, 1.165) is 73.8 Å². The number of pyridine rings is 1. The minimum Gasteiger partial charge on any atom is -0.368 e. The van der Waals surface area contributed by atoms with Crippen molar-refractivity contribution < 1.29 is 0 Å². The average Bonchev–Trinajstić information content (AvgIpc) is 3.24.